The first-order chi connectivity index (χ1) is 6.20. The van der Waals surface area contributed by atoms with Gasteiger partial charge in [0.25, 0.3) is 0 Å². The number of fused-ring (bicyclic) bond motifs is 1. The number of aromatic nitrogens is 3. The first-order valence-corrected chi connectivity index (χ1v) is 4.48. The lowest BCUT2D eigenvalue weighted by Gasteiger charge is -1.91. The maximum atomic E-state index is 11.1. The molecular weight excluding hydrogens is 234 g/mol. The lowest BCUT2D eigenvalue weighted by atomic mass is 10.3. The molecule has 0 spiro atoms. The third-order valence-corrected chi connectivity index (χ3v) is 2.46. The van der Waals surface area contributed by atoms with Crippen molar-refractivity contribution in [3.63, 3.8) is 0 Å². The summed E-state index contributed by atoms with van der Waals surface area (Å²) in [5, 5.41) is 0. The van der Waals surface area contributed by atoms with Crippen LogP contribution in [0, 0.1) is 0 Å². The van der Waals surface area contributed by atoms with Crippen LogP contribution in [-0.2, 0) is 0 Å². The molecule has 0 radical (unpaired) electrons. The number of hydrogen-bond acceptors (Lipinski definition) is 3. The van der Waals surface area contributed by atoms with Crippen LogP contribution in [0.5, 0.6) is 0 Å². The average molecular weight is 240 g/mol. The van der Waals surface area contributed by atoms with Crippen molar-refractivity contribution in [2.45, 2.75) is 6.92 Å². The van der Waals surface area contributed by atoms with E-state index in [9.17, 15) is 4.79 Å². The molecule has 2 aromatic heterocycles. The molecule has 0 aromatic carbocycles. The zero-order valence-corrected chi connectivity index (χ0v) is 8.45. The molecule has 2 heterocycles. The molecular formula is C8H6BrN3O. The Kier molecular flexibility index (Phi) is 1.88. The van der Waals surface area contributed by atoms with Crippen LogP contribution < -0.4 is 0 Å². The molecule has 4 nitrogen and oxygen atoms in total. The number of nitrogens with zero attached hydrogens (tertiary/aromatic N) is 3. The summed E-state index contributed by atoms with van der Waals surface area (Å²) in [6, 6.07) is 0. The van der Waals surface area contributed by atoms with Crippen molar-refractivity contribution in [3.8, 4) is 0 Å². The van der Waals surface area contributed by atoms with E-state index in [1.807, 2.05) is 0 Å². The first-order valence-electron chi connectivity index (χ1n) is 3.68. The van der Waals surface area contributed by atoms with Gasteiger partial charge in [0.15, 0.2) is 11.4 Å². The SMILES string of the molecule is CC(=O)c1nc2cnccn2c1Br. The first kappa shape index (κ1) is 8.37. The van der Waals surface area contributed by atoms with Gasteiger partial charge >= 0.3 is 0 Å². The van der Waals surface area contributed by atoms with Crippen LogP contribution in [0.1, 0.15) is 17.4 Å². The van der Waals surface area contributed by atoms with Crippen LogP contribution in [0.3, 0.4) is 0 Å². The molecule has 0 aliphatic carbocycles. The zero-order chi connectivity index (χ0) is 9.42. The minimum atomic E-state index is -0.0597. The zero-order valence-electron chi connectivity index (χ0n) is 6.86. The summed E-state index contributed by atoms with van der Waals surface area (Å²) in [6.07, 6.45) is 5.00. The smallest absolute Gasteiger partial charge is 0.180 e. The third-order valence-electron chi connectivity index (χ3n) is 1.71. The monoisotopic (exact) mass is 239 g/mol. The van der Waals surface area contributed by atoms with Crippen molar-refractivity contribution in [1.29, 1.82) is 0 Å². The average Bonchev–Trinajstić information content (AvgIpc) is 2.45. The summed E-state index contributed by atoms with van der Waals surface area (Å²) < 4.78 is 2.45. The fourth-order valence-corrected chi connectivity index (χ4v) is 1.77. The highest BCUT2D eigenvalue weighted by molar-refractivity contribution is 9.10. The molecule has 0 aliphatic rings. The summed E-state index contributed by atoms with van der Waals surface area (Å²) in [6.45, 7) is 1.49. The van der Waals surface area contributed by atoms with E-state index in [0.29, 0.717) is 15.9 Å². The summed E-state index contributed by atoms with van der Waals surface area (Å²) >= 11 is 3.30. The molecule has 2 aromatic rings. The molecule has 0 atom stereocenters. The van der Waals surface area contributed by atoms with E-state index in [1.165, 1.54) is 6.92 Å². The highest BCUT2D eigenvalue weighted by Gasteiger charge is 2.12. The Morgan fingerprint density at radius 3 is 3.00 bits per heavy atom. The van der Waals surface area contributed by atoms with Crippen molar-refractivity contribution >= 4 is 27.4 Å². The van der Waals surface area contributed by atoms with E-state index >= 15 is 0 Å². The van der Waals surface area contributed by atoms with Gasteiger partial charge in [0.1, 0.15) is 10.3 Å². The van der Waals surface area contributed by atoms with E-state index in [0.717, 1.165) is 0 Å². The Hall–Kier alpha value is -1.23. The second-order valence-electron chi connectivity index (χ2n) is 2.61. The highest BCUT2D eigenvalue weighted by atomic mass is 79.9. The van der Waals surface area contributed by atoms with Gasteiger partial charge in [0, 0.05) is 19.3 Å². The maximum Gasteiger partial charge on any atom is 0.180 e. The minimum Gasteiger partial charge on any atom is -0.293 e. The Morgan fingerprint density at radius 1 is 1.62 bits per heavy atom. The van der Waals surface area contributed by atoms with Gasteiger partial charge in [-0.1, -0.05) is 0 Å². The standard InChI is InChI=1S/C8H6BrN3O/c1-5(13)7-8(9)12-3-2-10-4-6(12)11-7/h2-4H,1H3. The molecule has 0 N–H and O–H groups in total. The predicted octanol–water partition coefficient (Wildman–Crippen LogP) is 1.69. The van der Waals surface area contributed by atoms with E-state index in [-0.39, 0.29) is 5.78 Å². The molecule has 0 saturated carbocycles. The van der Waals surface area contributed by atoms with Crippen LogP contribution in [-0.4, -0.2) is 20.2 Å². The maximum absolute atomic E-state index is 11.1. The van der Waals surface area contributed by atoms with Gasteiger partial charge < -0.3 is 0 Å². The summed E-state index contributed by atoms with van der Waals surface area (Å²) in [5.74, 6) is -0.0597. The van der Waals surface area contributed by atoms with E-state index in [2.05, 4.69) is 25.9 Å². The van der Waals surface area contributed by atoms with Crippen molar-refractivity contribution < 1.29 is 4.79 Å². The van der Waals surface area contributed by atoms with Gasteiger partial charge in [-0.25, -0.2) is 4.98 Å². The van der Waals surface area contributed by atoms with E-state index < -0.39 is 0 Å². The fraction of sp³-hybridized carbons (Fsp3) is 0.125. The Morgan fingerprint density at radius 2 is 2.38 bits per heavy atom. The molecule has 2 rings (SSSR count). The van der Waals surface area contributed by atoms with Crippen LogP contribution in [0.25, 0.3) is 5.65 Å². The summed E-state index contributed by atoms with van der Waals surface area (Å²) in [4.78, 5) is 19.1. The fourth-order valence-electron chi connectivity index (χ4n) is 1.10. The number of ketones is 1. The molecule has 13 heavy (non-hydrogen) atoms. The molecule has 0 fully saturated rings. The second kappa shape index (κ2) is 2.92. The lowest BCUT2D eigenvalue weighted by molar-refractivity contribution is 0.101. The number of carbonyl (C=O) groups excluding carboxylic acids is 1. The minimum absolute atomic E-state index is 0.0597. The Bertz CT molecular complexity index is 477. The molecule has 0 unspecified atom stereocenters. The van der Waals surface area contributed by atoms with Crippen LogP contribution >= 0.6 is 15.9 Å². The number of hydrogen-bond donors (Lipinski definition) is 0. The highest BCUT2D eigenvalue weighted by Crippen LogP contribution is 2.18. The van der Waals surface area contributed by atoms with Crippen LogP contribution in [0.4, 0.5) is 0 Å². The van der Waals surface area contributed by atoms with Crippen molar-refractivity contribution in [3.05, 3.63) is 28.9 Å². The van der Waals surface area contributed by atoms with Gasteiger partial charge in [-0.15, -0.1) is 0 Å². The quantitative estimate of drug-likeness (QED) is 0.712. The molecule has 0 aliphatic heterocycles. The van der Waals surface area contributed by atoms with Crippen molar-refractivity contribution in [2.75, 3.05) is 0 Å². The molecule has 0 amide bonds. The number of halogens is 1. The predicted molar refractivity (Wildman–Crippen MR) is 50.7 cm³/mol. The third kappa shape index (κ3) is 1.25. The number of imidazole rings is 1. The van der Waals surface area contributed by atoms with Crippen molar-refractivity contribution in [2.24, 2.45) is 0 Å². The van der Waals surface area contributed by atoms with E-state index in [1.54, 1.807) is 23.0 Å². The number of carbonyl (C=O) groups is 1. The van der Waals surface area contributed by atoms with Crippen LogP contribution in [0.15, 0.2) is 23.2 Å². The van der Waals surface area contributed by atoms with Gasteiger partial charge in [-0.2, -0.15) is 0 Å². The van der Waals surface area contributed by atoms with Gasteiger partial charge in [-0.3, -0.25) is 14.2 Å². The van der Waals surface area contributed by atoms with Crippen molar-refractivity contribution in [1.82, 2.24) is 14.4 Å². The molecule has 5 heteroatoms. The van der Waals surface area contributed by atoms with Gasteiger partial charge in [0.05, 0.1) is 6.20 Å². The summed E-state index contributed by atoms with van der Waals surface area (Å²) in [5.41, 5.74) is 1.10. The molecule has 66 valence electrons. The van der Waals surface area contributed by atoms with Gasteiger partial charge in [-0.05, 0) is 15.9 Å². The second-order valence-corrected chi connectivity index (χ2v) is 3.36. The normalized spacial score (nSPS) is 10.6. The largest absolute Gasteiger partial charge is 0.293 e. The Labute approximate surface area is 82.7 Å². The van der Waals surface area contributed by atoms with Gasteiger partial charge in [0.2, 0.25) is 0 Å². The molecule has 0 saturated heterocycles. The molecule has 0 bridgehead atoms. The number of rotatable bonds is 1. The topological polar surface area (TPSA) is 47.3 Å². The Balaban J connectivity index is 2.81. The summed E-state index contributed by atoms with van der Waals surface area (Å²) in [7, 11) is 0. The van der Waals surface area contributed by atoms with Crippen LogP contribution in [0.2, 0.25) is 0 Å². The van der Waals surface area contributed by atoms with E-state index in [4.69, 9.17) is 0 Å². The number of Topliss-reactive ketones (excluding diaryl/α,β-unsaturated/α-hetero) is 1. The lowest BCUT2D eigenvalue weighted by Crippen LogP contribution is -1.92.